The number of ether oxygens (including phenoxy) is 1. The van der Waals surface area contributed by atoms with Crippen LogP contribution in [0.4, 0.5) is 5.13 Å². The number of hydrogen-bond acceptors (Lipinski definition) is 7. The number of aryl methyl sites for hydroxylation is 1. The van der Waals surface area contributed by atoms with E-state index in [0.29, 0.717) is 30.9 Å². The maximum atomic E-state index is 13.9. The minimum absolute atomic E-state index is 0.153. The SMILES string of the molecule is C=CCCc1nnc([N+]2([O-])CN(CCCCl)CC2N2CCOCC2)s1. The Balaban J connectivity index is 1.79. The number of hydroxylamine groups is 2. The highest BCUT2D eigenvalue weighted by Gasteiger charge is 2.47. The highest BCUT2D eigenvalue weighted by Crippen LogP contribution is 2.35. The molecule has 7 nitrogen and oxygen atoms in total. The predicted molar refractivity (Wildman–Crippen MR) is 102 cm³/mol. The minimum atomic E-state index is -0.436. The van der Waals surface area contributed by atoms with Gasteiger partial charge in [-0.15, -0.1) is 23.3 Å². The van der Waals surface area contributed by atoms with Crippen molar-refractivity contribution < 1.29 is 4.74 Å². The number of alkyl halides is 1. The van der Waals surface area contributed by atoms with E-state index in [-0.39, 0.29) is 6.17 Å². The molecule has 0 aliphatic carbocycles. The van der Waals surface area contributed by atoms with Crippen LogP contribution in [-0.2, 0) is 11.2 Å². The number of morpholine rings is 1. The molecule has 0 radical (unpaired) electrons. The summed E-state index contributed by atoms with van der Waals surface area (Å²) in [6.45, 7) is 8.67. The fourth-order valence-corrected chi connectivity index (χ4v) is 4.47. The van der Waals surface area contributed by atoms with Gasteiger partial charge in [-0.2, -0.15) is 0 Å². The van der Waals surface area contributed by atoms with Crippen LogP contribution in [0, 0.1) is 5.21 Å². The molecule has 0 saturated carbocycles. The molecule has 2 aliphatic rings. The third-order valence-electron chi connectivity index (χ3n) is 4.73. The van der Waals surface area contributed by atoms with Crippen LogP contribution < -0.4 is 4.65 Å². The summed E-state index contributed by atoms with van der Waals surface area (Å²) in [5, 5.41) is 23.8. The Morgan fingerprint density at radius 3 is 2.92 bits per heavy atom. The van der Waals surface area contributed by atoms with Gasteiger partial charge in [0.25, 0.3) is 0 Å². The maximum absolute atomic E-state index is 13.9. The number of hydrogen-bond donors (Lipinski definition) is 0. The zero-order chi connectivity index (χ0) is 17.7. The average molecular weight is 388 g/mol. The van der Waals surface area contributed by atoms with Crippen molar-refractivity contribution in [3.63, 3.8) is 0 Å². The molecule has 140 valence electrons. The first kappa shape index (κ1) is 19.2. The van der Waals surface area contributed by atoms with Crippen molar-refractivity contribution in [1.29, 1.82) is 0 Å². The first-order valence-corrected chi connectivity index (χ1v) is 10.1. The lowest BCUT2D eigenvalue weighted by molar-refractivity contribution is -0.00417. The maximum Gasteiger partial charge on any atom is 0.309 e. The average Bonchev–Trinajstić information content (AvgIpc) is 3.24. The number of halogens is 1. The van der Waals surface area contributed by atoms with Crippen LogP contribution in [0.25, 0.3) is 0 Å². The van der Waals surface area contributed by atoms with E-state index in [4.69, 9.17) is 16.3 Å². The van der Waals surface area contributed by atoms with Gasteiger partial charge in [0.15, 0.2) is 6.17 Å². The van der Waals surface area contributed by atoms with Crippen LogP contribution in [0.15, 0.2) is 12.7 Å². The summed E-state index contributed by atoms with van der Waals surface area (Å²) < 4.78 is 5.02. The molecule has 2 fully saturated rings. The zero-order valence-corrected chi connectivity index (χ0v) is 16.1. The van der Waals surface area contributed by atoms with E-state index in [1.165, 1.54) is 11.3 Å². The molecule has 0 amide bonds. The van der Waals surface area contributed by atoms with Crippen LogP contribution in [0.2, 0.25) is 0 Å². The van der Waals surface area contributed by atoms with E-state index >= 15 is 0 Å². The number of nitrogens with zero attached hydrogens (tertiary/aromatic N) is 5. The molecule has 0 N–H and O–H groups in total. The van der Waals surface area contributed by atoms with Crippen LogP contribution in [0.5, 0.6) is 0 Å². The van der Waals surface area contributed by atoms with Crippen molar-refractivity contribution in [2.75, 3.05) is 51.9 Å². The van der Waals surface area contributed by atoms with Crippen LogP contribution >= 0.6 is 22.9 Å². The van der Waals surface area contributed by atoms with E-state index < -0.39 is 4.65 Å². The van der Waals surface area contributed by atoms with Gasteiger partial charge in [-0.25, -0.2) is 9.80 Å². The minimum Gasteiger partial charge on any atom is -0.623 e. The summed E-state index contributed by atoms with van der Waals surface area (Å²) in [5.41, 5.74) is 0. The molecule has 0 spiro atoms. The molecule has 2 saturated heterocycles. The molecule has 25 heavy (non-hydrogen) atoms. The lowest BCUT2D eigenvalue weighted by Gasteiger charge is -2.45. The normalized spacial score (nSPS) is 28.5. The number of aromatic nitrogens is 2. The largest absolute Gasteiger partial charge is 0.623 e. The summed E-state index contributed by atoms with van der Waals surface area (Å²) in [6.07, 6.45) is 4.24. The van der Waals surface area contributed by atoms with Crippen molar-refractivity contribution in [2.45, 2.75) is 25.4 Å². The third kappa shape index (κ3) is 4.39. The number of allylic oxidation sites excluding steroid dienone is 1. The molecule has 9 heteroatoms. The van der Waals surface area contributed by atoms with Crippen LogP contribution in [0.1, 0.15) is 17.8 Å². The van der Waals surface area contributed by atoms with E-state index in [1.807, 2.05) is 6.08 Å². The second-order valence-corrected chi connectivity index (χ2v) is 7.91. The van der Waals surface area contributed by atoms with Gasteiger partial charge < -0.3 is 9.94 Å². The van der Waals surface area contributed by atoms with Gasteiger partial charge in [-0.3, -0.25) is 4.65 Å². The molecule has 3 rings (SSSR count). The van der Waals surface area contributed by atoms with Gasteiger partial charge in [0, 0.05) is 31.9 Å². The molecule has 2 aliphatic heterocycles. The van der Waals surface area contributed by atoms with E-state index in [1.54, 1.807) is 0 Å². The zero-order valence-electron chi connectivity index (χ0n) is 14.5. The van der Waals surface area contributed by atoms with Crippen molar-refractivity contribution in [3.8, 4) is 0 Å². The summed E-state index contributed by atoms with van der Waals surface area (Å²) in [5.74, 6) is 0.613. The fourth-order valence-electron chi connectivity index (χ4n) is 3.42. The van der Waals surface area contributed by atoms with Crippen molar-refractivity contribution in [2.24, 2.45) is 0 Å². The lowest BCUT2D eigenvalue weighted by Crippen LogP contribution is -2.59. The van der Waals surface area contributed by atoms with E-state index in [0.717, 1.165) is 50.4 Å². The molecule has 1 aromatic heterocycles. The fraction of sp³-hybridized carbons (Fsp3) is 0.750. The van der Waals surface area contributed by atoms with E-state index in [9.17, 15) is 5.21 Å². The summed E-state index contributed by atoms with van der Waals surface area (Å²) >= 11 is 7.28. The summed E-state index contributed by atoms with van der Waals surface area (Å²) in [7, 11) is 0. The lowest BCUT2D eigenvalue weighted by atomic mass is 10.3. The Hall–Kier alpha value is -0.610. The quantitative estimate of drug-likeness (QED) is 0.294. The van der Waals surface area contributed by atoms with Crippen LogP contribution in [0.3, 0.4) is 0 Å². The van der Waals surface area contributed by atoms with Gasteiger partial charge in [0.1, 0.15) is 11.7 Å². The molecular formula is C16H26ClN5O2S. The topological polar surface area (TPSA) is 64.6 Å². The van der Waals surface area contributed by atoms with Crippen molar-refractivity contribution >= 4 is 28.1 Å². The van der Waals surface area contributed by atoms with Gasteiger partial charge in [-0.05, 0) is 24.2 Å². The third-order valence-corrected chi connectivity index (χ3v) is 6.09. The smallest absolute Gasteiger partial charge is 0.309 e. The molecule has 2 atom stereocenters. The Labute approximate surface area is 158 Å². The monoisotopic (exact) mass is 387 g/mol. The molecule has 3 heterocycles. The predicted octanol–water partition coefficient (Wildman–Crippen LogP) is 2.02. The standard InChI is InChI=1S/C16H26ClN5O2S/c1-2-3-5-14-18-19-16(25-14)22(23)13-20(7-4-6-17)12-15(22)21-8-10-24-11-9-21/h2,15H,1,3-13H2. The summed E-state index contributed by atoms with van der Waals surface area (Å²) in [4.78, 5) is 4.46. The van der Waals surface area contributed by atoms with E-state index in [2.05, 4.69) is 26.6 Å². The summed E-state index contributed by atoms with van der Waals surface area (Å²) in [6, 6.07) is 0. The van der Waals surface area contributed by atoms with Crippen molar-refractivity contribution in [3.05, 3.63) is 22.9 Å². The second-order valence-electron chi connectivity index (χ2n) is 6.49. The van der Waals surface area contributed by atoms with Crippen molar-refractivity contribution in [1.82, 2.24) is 24.6 Å². The van der Waals surface area contributed by atoms with Gasteiger partial charge >= 0.3 is 5.13 Å². The Morgan fingerprint density at radius 2 is 2.20 bits per heavy atom. The van der Waals surface area contributed by atoms with Gasteiger partial charge in [-0.1, -0.05) is 11.2 Å². The van der Waals surface area contributed by atoms with Gasteiger partial charge in [0.05, 0.1) is 19.8 Å². The number of rotatable bonds is 8. The highest BCUT2D eigenvalue weighted by atomic mass is 35.5. The number of quaternary nitrogens is 1. The second kappa shape index (κ2) is 8.85. The Morgan fingerprint density at radius 1 is 1.40 bits per heavy atom. The first-order chi connectivity index (χ1) is 12.2. The molecule has 1 aromatic rings. The molecular weight excluding hydrogens is 362 g/mol. The Kier molecular flexibility index (Phi) is 6.79. The molecule has 0 bridgehead atoms. The first-order valence-electron chi connectivity index (χ1n) is 8.80. The highest BCUT2D eigenvalue weighted by molar-refractivity contribution is 7.15. The Bertz CT molecular complexity index is 568. The molecule has 2 unspecified atom stereocenters. The molecule has 0 aromatic carbocycles. The van der Waals surface area contributed by atoms with Crippen LogP contribution in [-0.4, -0.2) is 78.1 Å². The van der Waals surface area contributed by atoms with Gasteiger partial charge in [0.2, 0.25) is 0 Å².